The van der Waals surface area contributed by atoms with Gasteiger partial charge in [0.05, 0.1) is 16.6 Å². The monoisotopic (exact) mass is 444 g/mol. The summed E-state index contributed by atoms with van der Waals surface area (Å²) in [4.78, 5) is 0. The molecule has 4 nitrogen and oxygen atoms in total. The van der Waals surface area contributed by atoms with Crippen molar-refractivity contribution in [1.82, 2.24) is 10.6 Å². The number of benzene rings is 2. The number of nitrogens with one attached hydrogen (secondary N) is 2. The maximum atomic E-state index is 13.1. The van der Waals surface area contributed by atoms with E-state index in [1.165, 1.54) is 12.1 Å². The first-order valence-corrected chi connectivity index (χ1v) is 9.50. The Morgan fingerprint density at radius 1 is 1.19 bits per heavy atom. The Bertz CT molecular complexity index is 731. The molecule has 0 saturated heterocycles. The van der Waals surface area contributed by atoms with Gasteiger partial charge >= 0.3 is 0 Å². The second kappa shape index (κ2) is 10.7. The maximum absolute atomic E-state index is 13.1. The quantitative estimate of drug-likeness (QED) is 0.527. The van der Waals surface area contributed by atoms with Crippen LogP contribution in [0.2, 0.25) is 5.02 Å². The van der Waals surface area contributed by atoms with E-state index in [1.807, 2.05) is 19.2 Å². The van der Waals surface area contributed by atoms with Gasteiger partial charge in [0.15, 0.2) is 11.5 Å². The van der Waals surface area contributed by atoms with Crippen molar-refractivity contribution in [1.29, 1.82) is 0 Å². The standard InChI is InChI=1S/C19H23BrClFN2O2/c1-23-6-3-7-24-11-13-8-16(20)19(18(9-13)25-2)26-12-14-4-5-15(22)10-17(14)21/h4-5,8-10,23-24H,3,6-7,11-12H2,1-2H3. The summed E-state index contributed by atoms with van der Waals surface area (Å²) in [6.07, 6.45) is 1.06. The van der Waals surface area contributed by atoms with Gasteiger partial charge in [0.25, 0.3) is 0 Å². The third-order valence-corrected chi connectivity index (χ3v) is 4.73. The van der Waals surface area contributed by atoms with Crippen LogP contribution in [0.3, 0.4) is 0 Å². The average molecular weight is 446 g/mol. The summed E-state index contributed by atoms with van der Waals surface area (Å²) in [5.74, 6) is 0.848. The van der Waals surface area contributed by atoms with Crippen LogP contribution in [0.25, 0.3) is 0 Å². The Kier molecular flexibility index (Phi) is 8.65. The Hall–Kier alpha value is -1.34. The normalized spacial score (nSPS) is 10.8. The van der Waals surface area contributed by atoms with Crippen LogP contribution in [0, 0.1) is 5.82 Å². The van der Waals surface area contributed by atoms with E-state index in [-0.39, 0.29) is 12.4 Å². The van der Waals surface area contributed by atoms with Crippen molar-refractivity contribution in [2.75, 3.05) is 27.2 Å². The largest absolute Gasteiger partial charge is 0.493 e. The molecule has 2 aromatic carbocycles. The first-order valence-electron chi connectivity index (χ1n) is 8.33. The first kappa shape index (κ1) is 21.0. The molecule has 0 aliphatic heterocycles. The molecule has 0 amide bonds. The molecule has 0 heterocycles. The van der Waals surface area contributed by atoms with Crippen LogP contribution in [-0.2, 0) is 13.2 Å². The minimum atomic E-state index is -0.371. The summed E-state index contributed by atoms with van der Waals surface area (Å²) < 4.78 is 25.3. The number of halogens is 3. The van der Waals surface area contributed by atoms with E-state index in [0.29, 0.717) is 22.1 Å². The van der Waals surface area contributed by atoms with Crippen molar-refractivity contribution in [3.05, 3.63) is 56.8 Å². The van der Waals surface area contributed by atoms with Gasteiger partial charge in [-0.2, -0.15) is 0 Å². The molecule has 0 saturated carbocycles. The van der Waals surface area contributed by atoms with Crippen LogP contribution < -0.4 is 20.1 Å². The molecular formula is C19H23BrClFN2O2. The number of methoxy groups -OCH3 is 1. The summed E-state index contributed by atoms with van der Waals surface area (Å²) >= 11 is 9.59. The maximum Gasteiger partial charge on any atom is 0.175 e. The molecule has 0 aromatic heterocycles. The highest BCUT2D eigenvalue weighted by Crippen LogP contribution is 2.37. The summed E-state index contributed by atoms with van der Waals surface area (Å²) in [7, 11) is 3.55. The summed E-state index contributed by atoms with van der Waals surface area (Å²) in [5, 5.41) is 6.85. The molecule has 2 aromatic rings. The number of hydrogen-bond acceptors (Lipinski definition) is 4. The van der Waals surface area contributed by atoms with E-state index in [4.69, 9.17) is 21.1 Å². The molecule has 0 unspecified atom stereocenters. The van der Waals surface area contributed by atoms with Crippen molar-refractivity contribution in [2.24, 2.45) is 0 Å². The molecule has 0 atom stereocenters. The van der Waals surface area contributed by atoms with Gasteiger partial charge in [0.2, 0.25) is 0 Å². The summed E-state index contributed by atoms with van der Waals surface area (Å²) in [6.45, 7) is 2.87. The zero-order chi connectivity index (χ0) is 18.9. The minimum Gasteiger partial charge on any atom is -0.493 e. The van der Waals surface area contributed by atoms with Crippen LogP contribution in [-0.4, -0.2) is 27.2 Å². The lowest BCUT2D eigenvalue weighted by atomic mass is 10.2. The van der Waals surface area contributed by atoms with E-state index in [0.717, 1.165) is 36.1 Å². The van der Waals surface area contributed by atoms with Crippen molar-refractivity contribution in [3.63, 3.8) is 0 Å². The van der Waals surface area contributed by atoms with Crippen LogP contribution >= 0.6 is 27.5 Å². The molecule has 0 bridgehead atoms. The van der Waals surface area contributed by atoms with Crippen LogP contribution in [0.1, 0.15) is 17.5 Å². The average Bonchev–Trinajstić information content (AvgIpc) is 2.61. The van der Waals surface area contributed by atoms with E-state index in [2.05, 4.69) is 26.6 Å². The summed E-state index contributed by atoms with van der Waals surface area (Å²) in [5.41, 5.74) is 1.79. The third-order valence-electron chi connectivity index (χ3n) is 3.79. The Labute approximate surface area is 167 Å². The van der Waals surface area contributed by atoms with E-state index in [1.54, 1.807) is 13.2 Å². The van der Waals surface area contributed by atoms with Gasteiger partial charge < -0.3 is 20.1 Å². The van der Waals surface area contributed by atoms with Crippen molar-refractivity contribution >= 4 is 27.5 Å². The van der Waals surface area contributed by atoms with Crippen LogP contribution in [0.15, 0.2) is 34.8 Å². The number of hydrogen-bond donors (Lipinski definition) is 2. The Balaban J connectivity index is 2.03. The first-order chi connectivity index (χ1) is 12.5. The van der Waals surface area contributed by atoms with Gasteiger partial charge in [0.1, 0.15) is 12.4 Å². The van der Waals surface area contributed by atoms with Gasteiger partial charge in [-0.15, -0.1) is 0 Å². The highest BCUT2D eigenvalue weighted by Gasteiger charge is 2.13. The SMILES string of the molecule is CNCCCNCc1cc(Br)c(OCc2ccc(F)cc2Cl)c(OC)c1. The molecule has 2 rings (SSSR count). The van der Waals surface area contributed by atoms with Crippen LogP contribution in [0.4, 0.5) is 4.39 Å². The van der Waals surface area contributed by atoms with Crippen molar-refractivity contribution in [3.8, 4) is 11.5 Å². The van der Waals surface area contributed by atoms with Crippen molar-refractivity contribution in [2.45, 2.75) is 19.6 Å². The molecule has 0 aliphatic carbocycles. The fourth-order valence-corrected chi connectivity index (χ4v) is 3.25. The molecule has 7 heteroatoms. The molecule has 142 valence electrons. The molecule has 2 N–H and O–H groups in total. The van der Waals surface area contributed by atoms with Crippen LogP contribution in [0.5, 0.6) is 11.5 Å². The van der Waals surface area contributed by atoms with E-state index < -0.39 is 0 Å². The molecule has 0 radical (unpaired) electrons. The van der Waals surface area contributed by atoms with E-state index >= 15 is 0 Å². The van der Waals surface area contributed by atoms with Gasteiger partial charge in [-0.25, -0.2) is 4.39 Å². The summed E-state index contributed by atoms with van der Waals surface area (Å²) in [6, 6.07) is 8.18. The molecule has 0 aliphatic rings. The zero-order valence-electron chi connectivity index (χ0n) is 14.9. The predicted octanol–water partition coefficient (Wildman–Crippen LogP) is 4.53. The molecule has 26 heavy (non-hydrogen) atoms. The minimum absolute atomic E-state index is 0.218. The number of rotatable bonds is 10. The Morgan fingerprint density at radius 2 is 2.00 bits per heavy atom. The van der Waals surface area contributed by atoms with E-state index in [9.17, 15) is 4.39 Å². The lowest BCUT2D eigenvalue weighted by molar-refractivity contribution is 0.282. The smallest absolute Gasteiger partial charge is 0.175 e. The van der Waals surface area contributed by atoms with Gasteiger partial charge in [0, 0.05) is 12.1 Å². The lowest BCUT2D eigenvalue weighted by Gasteiger charge is -2.15. The highest BCUT2D eigenvalue weighted by molar-refractivity contribution is 9.10. The second-order valence-electron chi connectivity index (χ2n) is 5.77. The zero-order valence-corrected chi connectivity index (χ0v) is 17.2. The fraction of sp³-hybridized carbons (Fsp3) is 0.368. The molecule has 0 spiro atoms. The highest BCUT2D eigenvalue weighted by atomic mass is 79.9. The van der Waals surface area contributed by atoms with Gasteiger partial charge in [-0.05, 0) is 72.3 Å². The van der Waals surface area contributed by atoms with Crippen molar-refractivity contribution < 1.29 is 13.9 Å². The second-order valence-corrected chi connectivity index (χ2v) is 7.03. The molecular weight excluding hydrogens is 423 g/mol. The third kappa shape index (κ3) is 6.13. The number of ether oxygens (including phenoxy) is 2. The fourth-order valence-electron chi connectivity index (χ4n) is 2.43. The molecule has 0 fully saturated rings. The Morgan fingerprint density at radius 3 is 2.69 bits per heavy atom. The van der Waals surface area contributed by atoms with Gasteiger partial charge in [-0.1, -0.05) is 17.7 Å². The topological polar surface area (TPSA) is 42.5 Å². The lowest BCUT2D eigenvalue weighted by Crippen LogP contribution is -2.19. The predicted molar refractivity (Wildman–Crippen MR) is 107 cm³/mol. The van der Waals surface area contributed by atoms with Gasteiger partial charge in [-0.3, -0.25) is 0 Å².